The van der Waals surface area contributed by atoms with E-state index < -0.39 is 64.3 Å². The zero-order chi connectivity index (χ0) is 90.5. The number of ether oxygens (including phenoxy) is 2. The van der Waals surface area contributed by atoms with Crippen LogP contribution in [0.2, 0.25) is 0 Å². The number of imidazole rings is 2. The second kappa shape index (κ2) is 35.0. The van der Waals surface area contributed by atoms with Crippen LogP contribution in [0.1, 0.15) is 229 Å². The summed E-state index contributed by atoms with van der Waals surface area (Å²) in [5, 5.41) is 11.4. The molecule has 674 valence electrons. The van der Waals surface area contributed by atoms with Crippen molar-refractivity contribution in [2.45, 2.75) is 270 Å². The number of aromatic nitrogens is 6. The van der Waals surface area contributed by atoms with Crippen molar-refractivity contribution in [3.8, 4) is 11.3 Å². The number of halogens is 5. The van der Waals surface area contributed by atoms with Crippen LogP contribution in [-0.4, -0.2) is 217 Å². The number of fused-ring (bicyclic) bond motifs is 6. The molecule has 0 bridgehead atoms. The molecule has 17 rings (SSSR count). The number of alkyl halides is 2. The van der Waals surface area contributed by atoms with Crippen molar-refractivity contribution in [3.05, 3.63) is 135 Å². The van der Waals surface area contributed by atoms with E-state index in [1.54, 1.807) is 49.4 Å². The predicted octanol–water partition coefficient (Wildman–Crippen LogP) is 16.7. The predicted molar refractivity (Wildman–Crippen MR) is 484 cm³/mol. The first-order valence-electron chi connectivity index (χ1n) is 44.5. The fourth-order valence-corrected chi connectivity index (χ4v) is 19.8. The highest BCUT2D eigenvalue weighted by atomic mass is 79.9. The lowest BCUT2D eigenvalue weighted by Gasteiger charge is -2.48. The van der Waals surface area contributed by atoms with Crippen LogP contribution in [-0.2, 0) is 39.2 Å². The fourth-order valence-electron chi connectivity index (χ4n) is 19.4. The fraction of sp³-hybridized carbons (Fsp3) is 0.553. The molecule has 126 heavy (non-hydrogen) atoms. The largest absolute Gasteiger partial charge is 0.494 e. The number of nitrogens with one attached hydrogen (secondary N) is 4. The summed E-state index contributed by atoms with van der Waals surface area (Å²) >= 11 is 3.36. The van der Waals surface area contributed by atoms with Gasteiger partial charge in [0.15, 0.2) is 11.6 Å². The molecule has 11 heterocycles. The third kappa shape index (κ3) is 17.8. The van der Waals surface area contributed by atoms with Gasteiger partial charge in [-0.2, -0.15) is 0 Å². The van der Waals surface area contributed by atoms with E-state index in [-0.39, 0.29) is 77.4 Å². The summed E-state index contributed by atoms with van der Waals surface area (Å²) in [4.78, 5) is 111. The molecule has 4 aromatic carbocycles. The van der Waals surface area contributed by atoms with Gasteiger partial charge in [-0.15, -0.1) is 0 Å². The SMILES string of the molecule is CC(C)(C)OC(=O)N1CCC2(CC1)C(=O)N(C1CC(N3CCC[C@@H](F)C3)C1)c1cc(B3OC(C)(C)C(C)(C)O3)ccc12.CNC(=O)c1cc(Nc2nc(-c3ccc4c(c3)N(C3CC(N5CCC[C@@H](F)C5)C3)C(=O)C43CCN(C(=O)OC(C)(C)C)CC3)cc3ncn(C(C)C)c23)c(F)cc1C.CNC(=O)c1cc(Nc2nc(Br)cc3ncn(C(C)C)c23)c(F)cc1C. The van der Waals surface area contributed by atoms with E-state index in [1.807, 2.05) is 146 Å². The maximum Gasteiger partial charge on any atom is 0.494 e. The summed E-state index contributed by atoms with van der Waals surface area (Å²) in [6.07, 6.45) is 9.40. The lowest BCUT2D eigenvalue weighted by molar-refractivity contribution is -0.126. The molecule has 2 saturated carbocycles. The number of piperidine rings is 4. The zero-order valence-corrected chi connectivity index (χ0v) is 77.3. The minimum absolute atomic E-state index is 0.0204. The number of carbonyl (C=O) groups excluding carboxylic acids is 6. The Kier molecular flexibility index (Phi) is 25.3. The Morgan fingerprint density at radius 3 is 1.38 bits per heavy atom. The molecule has 6 amide bonds. The molecule has 7 aliphatic heterocycles. The monoisotopic (exact) mass is 1800 g/mol. The van der Waals surface area contributed by atoms with Crippen LogP contribution < -0.4 is 36.5 Å². The minimum Gasteiger partial charge on any atom is -0.444 e. The average molecular weight is 1800 g/mol. The van der Waals surface area contributed by atoms with E-state index in [0.717, 1.165) is 96.2 Å². The molecule has 0 radical (unpaired) electrons. The van der Waals surface area contributed by atoms with Crippen molar-refractivity contribution in [3.63, 3.8) is 0 Å². The molecule has 9 aliphatic rings. The van der Waals surface area contributed by atoms with Gasteiger partial charge < -0.3 is 68.8 Å². The molecule has 2 aliphatic carbocycles. The van der Waals surface area contributed by atoms with Crippen LogP contribution >= 0.6 is 15.9 Å². The molecule has 2 spiro atoms. The zero-order valence-electron chi connectivity index (χ0n) is 75.8. The van der Waals surface area contributed by atoms with Crippen LogP contribution in [0.25, 0.3) is 33.3 Å². The number of amides is 6. The summed E-state index contributed by atoms with van der Waals surface area (Å²) in [6.45, 7) is 35.2. The quantitative estimate of drug-likeness (QED) is 0.0448. The maximum atomic E-state index is 15.6. The van der Waals surface area contributed by atoms with Crippen LogP contribution in [0, 0.1) is 25.5 Å². The van der Waals surface area contributed by atoms with Crippen LogP contribution in [0.3, 0.4) is 0 Å². The minimum atomic E-state index is -0.820. The Bertz CT molecular complexity index is 5510. The van der Waals surface area contributed by atoms with Crippen molar-refractivity contribution < 1.29 is 65.1 Å². The lowest BCUT2D eigenvalue weighted by atomic mass is 9.71. The normalized spacial score (nSPS) is 22.6. The van der Waals surface area contributed by atoms with Gasteiger partial charge in [0.2, 0.25) is 11.8 Å². The highest BCUT2D eigenvalue weighted by Crippen LogP contribution is 2.55. The highest BCUT2D eigenvalue weighted by molar-refractivity contribution is 9.10. The smallest absolute Gasteiger partial charge is 0.444 e. The summed E-state index contributed by atoms with van der Waals surface area (Å²) in [5.74, 6) is -0.586. The van der Waals surface area contributed by atoms with Crippen molar-refractivity contribution in [2.24, 2.45) is 0 Å². The number of likely N-dealkylation sites (tertiary alicyclic amines) is 4. The van der Waals surface area contributed by atoms with Crippen LogP contribution in [0.4, 0.5) is 61.5 Å². The van der Waals surface area contributed by atoms with Gasteiger partial charge in [-0.3, -0.25) is 29.0 Å². The number of rotatable bonds is 14. The van der Waals surface area contributed by atoms with Gasteiger partial charge in [0, 0.05) is 118 Å². The van der Waals surface area contributed by atoms with Crippen molar-refractivity contribution in [1.29, 1.82) is 0 Å². The third-order valence-corrected chi connectivity index (χ3v) is 27.6. The van der Waals surface area contributed by atoms with Crippen molar-refractivity contribution in [2.75, 3.05) is 86.9 Å². The second-order valence-corrected chi connectivity index (χ2v) is 40.0. The molecule has 5 saturated heterocycles. The summed E-state index contributed by atoms with van der Waals surface area (Å²) in [6, 6.07) is 22.3. The third-order valence-electron chi connectivity index (χ3n) is 27.2. The molecule has 4 N–H and O–H groups in total. The maximum absolute atomic E-state index is 15.6. The van der Waals surface area contributed by atoms with Gasteiger partial charge in [0.25, 0.3) is 11.8 Å². The highest BCUT2D eigenvalue weighted by Gasteiger charge is 2.60. The number of benzene rings is 4. The number of pyridine rings is 2. The molecule has 26 nitrogen and oxygen atoms in total. The van der Waals surface area contributed by atoms with Gasteiger partial charge in [0.1, 0.15) is 50.8 Å². The molecule has 8 aromatic rings. The number of hydrogen-bond acceptors (Lipinski definition) is 18. The van der Waals surface area contributed by atoms with E-state index in [2.05, 4.69) is 69.1 Å². The number of anilines is 6. The van der Waals surface area contributed by atoms with Crippen LogP contribution in [0.15, 0.2) is 90.1 Å². The van der Waals surface area contributed by atoms with Gasteiger partial charge in [0.05, 0.1) is 62.8 Å². The van der Waals surface area contributed by atoms with Gasteiger partial charge in [-0.25, -0.2) is 47.1 Å². The van der Waals surface area contributed by atoms with Crippen molar-refractivity contribution in [1.82, 2.24) is 59.3 Å². The van der Waals surface area contributed by atoms with Crippen molar-refractivity contribution >= 4 is 121 Å². The molecular formula is C94H120BBrF4N16O10. The molecule has 4 aromatic heterocycles. The standard InChI is InChI=1S/C44H54F2N8O4.C32H47BFN3O5.C18H19BrFN5O/c1-25(2)53-24-48-36-22-34(49-39(38(36)53)50-35-21-31(40(55)47-7)26(3)17-33(35)46)27-10-11-32-37(18-27)54(30-19-29(20-30)52-14-8-9-28(45)23-52)41(56)44(32)12-15-51(16-13-44)42(57)58-43(4,5)6;1-29(2,3)40-28(39)35-15-12-32(13-16-35)25-11-10-21(33-41-30(4,5)31(6,7)42-33)17-26(25)37(27(32)38)24-18-23(19-24)36-14-8-9-22(34)20-36;1-9(2)25-8-22-14-7-15(19)24-17(16(14)25)23-13-6-11(18(26)21-4)10(3)5-12(13)20/h10-11,17-18,21-22,24-25,28-30H,8-9,12-16,19-20,23H2,1-7H3,(H,47,55)(H,49,50);10-11,17,22-24H,8-9,12-16,18-20H2,1-7H3;5-9H,1-4H3,(H,21,26)(H,23,24)/t28-,29?,30?;22-,23?,24?;/m11./s1. The van der Waals surface area contributed by atoms with Gasteiger partial charge in [-0.1, -0.05) is 24.3 Å². The Morgan fingerprint density at radius 2 is 0.968 bits per heavy atom. The first kappa shape index (κ1) is 91.0. The Morgan fingerprint density at radius 1 is 0.556 bits per heavy atom. The van der Waals surface area contributed by atoms with E-state index in [1.165, 1.54) is 31.3 Å². The van der Waals surface area contributed by atoms with E-state index >= 15 is 4.39 Å². The number of nitrogens with zero attached hydrogens (tertiary/aromatic N) is 12. The van der Waals surface area contributed by atoms with Crippen LogP contribution in [0.5, 0.6) is 0 Å². The Labute approximate surface area is 744 Å². The molecule has 0 unspecified atom stereocenters. The summed E-state index contributed by atoms with van der Waals surface area (Å²) in [7, 11) is 2.55. The van der Waals surface area contributed by atoms with E-state index in [4.69, 9.17) is 28.8 Å². The first-order valence-corrected chi connectivity index (χ1v) is 45.3. The molecule has 7 fully saturated rings. The summed E-state index contributed by atoms with van der Waals surface area (Å²) in [5.41, 5.74) is 7.26. The number of aryl methyl sites for hydroxylation is 2. The van der Waals surface area contributed by atoms with E-state index in [9.17, 15) is 41.9 Å². The average Bonchev–Trinajstić information content (AvgIpc) is 1.55. The Hall–Kier alpha value is -9.76. The Balaban J connectivity index is 0.000000157. The van der Waals surface area contributed by atoms with Gasteiger partial charge >= 0.3 is 19.3 Å². The first-order chi connectivity index (χ1) is 59.5. The lowest BCUT2D eigenvalue weighted by Crippen LogP contribution is -2.59. The molecule has 32 heteroatoms. The molecular weight excluding hydrogens is 1680 g/mol. The number of carbonyl (C=O) groups is 6. The second-order valence-electron chi connectivity index (χ2n) is 39.2. The topological polar surface area (TPSA) is 268 Å². The van der Waals surface area contributed by atoms with E-state index in [0.29, 0.717) is 139 Å². The summed E-state index contributed by atoms with van der Waals surface area (Å²) < 4.78 is 87.3. The van der Waals surface area contributed by atoms with Gasteiger partial charge in [-0.05, 0) is 293 Å². The number of hydrogen-bond donors (Lipinski definition) is 4. The molecule has 2 atom stereocenters.